The molecule has 8 heteroatoms. The number of fused-ring (bicyclic) bond motifs is 1. The highest BCUT2D eigenvalue weighted by Crippen LogP contribution is 2.27. The predicted molar refractivity (Wildman–Crippen MR) is 107 cm³/mol. The smallest absolute Gasteiger partial charge is 0.287 e. The molecular weight excluding hydrogens is 409 g/mol. The van der Waals surface area contributed by atoms with Crippen molar-refractivity contribution in [2.45, 2.75) is 12.2 Å². The van der Waals surface area contributed by atoms with Gasteiger partial charge in [0.15, 0.2) is 15.6 Å². The molecule has 2 aromatic carbocycles. The lowest BCUT2D eigenvalue weighted by Gasteiger charge is -2.06. The van der Waals surface area contributed by atoms with Gasteiger partial charge in [-0.15, -0.1) is 0 Å². The third-order valence-corrected chi connectivity index (χ3v) is 5.18. The molecular formula is C19H17Cl2NO4S. The normalized spacial score (nSPS) is 11.7. The van der Waals surface area contributed by atoms with Crippen LogP contribution in [0.1, 0.15) is 21.7 Å². The molecule has 0 saturated carbocycles. The summed E-state index contributed by atoms with van der Waals surface area (Å²) in [5.41, 5.74) is 1.73. The topological polar surface area (TPSA) is 76.4 Å². The Bertz CT molecular complexity index is 1090. The number of halogens is 2. The Balaban J connectivity index is 1.79. The molecule has 142 valence electrons. The van der Waals surface area contributed by atoms with Crippen LogP contribution in [-0.2, 0) is 22.0 Å². The highest BCUT2D eigenvalue weighted by molar-refractivity contribution is 7.89. The van der Waals surface area contributed by atoms with Crippen LogP contribution in [0.5, 0.6) is 0 Å². The Morgan fingerprint density at radius 3 is 2.44 bits per heavy atom. The van der Waals surface area contributed by atoms with Gasteiger partial charge < -0.3 is 9.73 Å². The lowest BCUT2D eigenvalue weighted by molar-refractivity contribution is 0.0927. The van der Waals surface area contributed by atoms with Gasteiger partial charge in [-0.25, -0.2) is 8.42 Å². The summed E-state index contributed by atoms with van der Waals surface area (Å²) in [6, 6.07) is 12.2. The Hall–Kier alpha value is -2.02. The van der Waals surface area contributed by atoms with Gasteiger partial charge in [-0.05, 0) is 36.2 Å². The first kappa shape index (κ1) is 19.7. The number of hydrogen-bond donors (Lipinski definition) is 1. The average Bonchev–Trinajstić information content (AvgIpc) is 2.91. The quantitative estimate of drug-likeness (QED) is 0.639. The van der Waals surface area contributed by atoms with Crippen LogP contribution in [0.3, 0.4) is 0 Å². The molecule has 3 aromatic rings. The summed E-state index contributed by atoms with van der Waals surface area (Å²) in [7, 11) is -3.34. The number of amides is 1. The lowest BCUT2D eigenvalue weighted by Crippen LogP contribution is -2.26. The molecule has 0 aliphatic carbocycles. The molecule has 0 atom stereocenters. The van der Waals surface area contributed by atoms with Crippen LogP contribution in [0.25, 0.3) is 11.0 Å². The van der Waals surface area contributed by atoms with Crippen molar-refractivity contribution in [3.8, 4) is 0 Å². The van der Waals surface area contributed by atoms with E-state index < -0.39 is 15.7 Å². The lowest BCUT2D eigenvalue weighted by atomic mass is 10.1. The van der Waals surface area contributed by atoms with Crippen molar-refractivity contribution in [3.63, 3.8) is 0 Å². The van der Waals surface area contributed by atoms with Gasteiger partial charge >= 0.3 is 0 Å². The fourth-order valence-corrected chi connectivity index (χ4v) is 4.23. The molecule has 1 heterocycles. The highest BCUT2D eigenvalue weighted by Gasteiger charge is 2.23. The van der Waals surface area contributed by atoms with E-state index in [0.717, 1.165) is 11.8 Å². The third-order valence-electron chi connectivity index (χ3n) is 3.93. The number of nitrogens with one attached hydrogen (secondary N) is 1. The number of rotatable bonds is 6. The van der Waals surface area contributed by atoms with Crippen molar-refractivity contribution in [2.24, 2.45) is 0 Å². The van der Waals surface area contributed by atoms with E-state index in [4.69, 9.17) is 27.6 Å². The van der Waals surface area contributed by atoms with E-state index >= 15 is 0 Å². The number of para-hydroxylation sites is 1. The minimum absolute atomic E-state index is 0.0192. The predicted octanol–water partition coefficient (Wildman–Crippen LogP) is 4.26. The van der Waals surface area contributed by atoms with Gasteiger partial charge in [-0.1, -0.05) is 41.4 Å². The summed E-state index contributed by atoms with van der Waals surface area (Å²) >= 11 is 11.9. The fourth-order valence-electron chi connectivity index (χ4n) is 2.84. The minimum atomic E-state index is -3.34. The summed E-state index contributed by atoms with van der Waals surface area (Å²) in [6.45, 7) is 0.324. The molecule has 0 aliphatic heterocycles. The zero-order chi connectivity index (χ0) is 19.6. The van der Waals surface area contributed by atoms with E-state index in [-0.39, 0.29) is 11.5 Å². The molecule has 27 heavy (non-hydrogen) atoms. The van der Waals surface area contributed by atoms with Gasteiger partial charge in [0.2, 0.25) is 0 Å². The van der Waals surface area contributed by atoms with E-state index in [1.54, 1.807) is 42.5 Å². The fraction of sp³-hybridized carbons (Fsp3) is 0.211. The molecule has 0 spiro atoms. The second-order valence-electron chi connectivity index (χ2n) is 6.26. The molecule has 0 aliphatic rings. The van der Waals surface area contributed by atoms with E-state index in [0.29, 0.717) is 39.5 Å². The molecule has 0 radical (unpaired) electrons. The van der Waals surface area contributed by atoms with Gasteiger partial charge in [0.25, 0.3) is 5.91 Å². The average molecular weight is 426 g/mol. The first-order valence-electron chi connectivity index (χ1n) is 8.14. The number of furan rings is 1. The van der Waals surface area contributed by atoms with E-state index in [9.17, 15) is 13.2 Å². The van der Waals surface area contributed by atoms with Crippen LogP contribution < -0.4 is 5.32 Å². The van der Waals surface area contributed by atoms with Crippen molar-refractivity contribution in [2.75, 3.05) is 12.8 Å². The van der Waals surface area contributed by atoms with Crippen molar-refractivity contribution in [1.29, 1.82) is 0 Å². The van der Waals surface area contributed by atoms with Crippen LogP contribution in [0.4, 0.5) is 0 Å². The number of hydrogen-bond acceptors (Lipinski definition) is 4. The standard InChI is InChI=1S/C19H17Cl2NO4S/c1-27(24,25)11-16-15-4-2-3-5-17(15)26-18(16)19(23)22-7-6-12-8-13(20)10-14(21)9-12/h2-5,8-10H,6-7,11H2,1H3,(H,22,23). The molecule has 1 amide bonds. The Kier molecular flexibility index (Phi) is 5.79. The maximum absolute atomic E-state index is 12.6. The molecule has 0 fully saturated rings. The van der Waals surface area contributed by atoms with E-state index in [2.05, 4.69) is 5.32 Å². The number of carbonyl (C=O) groups excluding carboxylic acids is 1. The van der Waals surface area contributed by atoms with E-state index in [1.165, 1.54) is 0 Å². The summed E-state index contributed by atoms with van der Waals surface area (Å²) in [6.07, 6.45) is 1.65. The van der Waals surface area contributed by atoms with Crippen LogP contribution in [-0.4, -0.2) is 27.1 Å². The maximum Gasteiger partial charge on any atom is 0.287 e. The summed E-state index contributed by atoms with van der Waals surface area (Å²) in [5, 5.41) is 4.43. The summed E-state index contributed by atoms with van der Waals surface area (Å²) in [5.74, 6) is -0.708. The molecule has 1 N–H and O–H groups in total. The van der Waals surface area contributed by atoms with Crippen LogP contribution in [0.15, 0.2) is 46.9 Å². The molecule has 0 saturated heterocycles. The molecule has 0 unspecified atom stereocenters. The zero-order valence-corrected chi connectivity index (χ0v) is 16.8. The Morgan fingerprint density at radius 2 is 1.78 bits per heavy atom. The van der Waals surface area contributed by atoms with Crippen LogP contribution in [0, 0.1) is 0 Å². The largest absolute Gasteiger partial charge is 0.451 e. The Morgan fingerprint density at radius 1 is 1.11 bits per heavy atom. The molecule has 5 nitrogen and oxygen atoms in total. The SMILES string of the molecule is CS(=O)(=O)Cc1c(C(=O)NCCc2cc(Cl)cc(Cl)c2)oc2ccccc12. The second-order valence-corrected chi connectivity index (χ2v) is 9.27. The third kappa shape index (κ3) is 5.03. The zero-order valence-electron chi connectivity index (χ0n) is 14.5. The Labute approximate surface area is 167 Å². The van der Waals surface area contributed by atoms with Gasteiger partial charge in [0, 0.05) is 33.8 Å². The first-order chi connectivity index (χ1) is 12.7. The van der Waals surface area contributed by atoms with Gasteiger partial charge in [-0.2, -0.15) is 0 Å². The van der Waals surface area contributed by atoms with E-state index in [1.807, 2.05) is 0 Å². The van der Waals surface area contributed by atoms with Crippen LogP contribution >= 0.6 is 23.2 Å². The second kappa shape index (κ2) is 7.92. The number of benzene rings is 2. The maximum atomic E-state index is 12.6. The van der Waals surface area contributed by atoms with Gasteiger partial charge in [0.1, 0.15) is 5.58 Å². The van der Waals surface area contributed by atoms with Crippen LogP contribution in [0.2, 0.25) is 10.0 Å². The summed E-state index contributed by atoms with van der Waals surface area (Å²) in [4.78, 5) is 12.6. The van der Waals surface area contributed by atoms with Crippen molar-refractivity contribution in [1.82, 2.24) is 5.32 Å². The first-order valence-corrected chi connectivity index (χ1v) is 11.0. The van der Waals surface area contributed by atoms with Crippen molar-refractivity contribution < 1.29 is 17.6 Å². The highest BCUT2D eigenvalue weighted by atomic mass is 35.5. The van der Waals surface area contributed by atoms with Gasteiger partial charge in [-0.3, -0.25) is 4.79 Å². The number of carbonyl (C=O) groups is 1. The molecule has 0 bridgehead atoms. The molecule has 3 rings (SSSR count). The monoisotopic (exact) mass is 425 g/mol. The van der Waals surface area contributed by atoms with Crippen molar-refractivity contribution in [3.05, 3.63) is 69.4 Å². The van der Waals surface area contributed by atoms with Crippen molar-refractivity contribution >= 4 is 49.9 Å². The summed E-state index contributed by atoms with van der Waals surface area (Å²) < 4.78 is 29.2. The van der Waals surface area contributed by atoms with Gasteiger partial charge in [0.05, 0.1) is 5.75 Å². The number of sulfone groups is 1. The molecule has 1 aromatic heterocycles. The minimum Gasteiger partial charge on any atom is -0.451 e.